The van der Waals surface area contributed by atoms with Crippen LogP contribution < -0.4 is 10.9 Å². The summed E-state index contributed by atoms with van der Waals surface area (Å²) in [6.45, 7) is 6.15. The zero-order chi connectivity index (χ0) is 12.8. The lowest BCUT2D eigenvalue weighted by Crippen LogP contribution is -2.28. The topological polar surface area (TPSA) is 61.0 Å². The molecule has 1 heterocycles. The normalized spacial score (nSPS) is 11.2. The minimum Gasteiger partial charge on any atom is -0.369 e. The number of anilines is 1. The van der Waals surface area contributed by atoms with Gasteiger partial charge in [-0.2, -0.15) is 0 Å². The van der Waals surface area contributed by atoms with Gasteiger partial charge in [-0.15, -0.1) is 0 Å². The lowest BCUT2D eigenvalue weighted by atomic mass is 10.3. The number of nitrogens with one attached hydrogen (secondary N) is 2. The van der Waals surface area contributed by atoms with Gasteiger partial charge in [0.1, 0.15) is 10.3 Å². The first-order valence-corrected chi connectivity index (χ1v) is 6.49. The number of aromatic nitrogens is 2. The first kappa shape index (κ1) is 14.2. The molecule has 5 nitrogen and oxygen atoms in total. The van der Waals surface area contributed by atoms with E-state index in [4.69, 9.17) is 0 Å². The minimum absolute atomic E-state index is 0.165. The lowest BCUT2D eigenvalue weighted by Gasteiger charge is -2.20. The van der Waals surface area contributed by atoms with Gasteiger partial charge >= 0.3 is 0 Å². The minimum atomic E-state index is -0.165. The summed E-state index contributed by atoms with van der Waals surface area (Å²) in [4.78, 5) is 20.1. The third-order valence-electron chi connectivity index (χ3n) is 2.66. The highest BCUT2D eigenvalue weighted by molar-refractivity contribution is 9.10. The van der Waals surface area contributed by atoms with Crippen LogP contribution in [-0.2, 0) is 0 Å². The fourth-order valence-corrected chi connectivity index (χ4v) is 1.66. The van der Waals surface area contributed by atoms with Crippen LogP contribution in [0.2, 0.25) is 0 Å². The Morgan fingerprint density at radius 3 is 2.94 bits per heavy atom. The Morgan fingerprint density at radius 1 is 1.59 bits per heavy atom. The first-order valence-electron chi connectivity index (χ1n) is 5.69. The predicted molar refractivity (Wildman–Crippen MR) is 73.4 cm³/mol. The molecule has 0 spiro atoms. The van der Waals surface area contributed by atoms with Gasteiger partial charge in [-0.05, 0) is 49.8 Å². The molecule has 0 saturated heterocycles. The van der Waals surface area contributed by atoms with Crippen molar-refractivity contribution in [3.63, 3.8) is 0 Å². The molecule has 96 valence electrons. The summed E-state index contributed by atoms with van der Waals surface area (Å²) >= 11 is 3.21. The van der Waals surface area contributed by atoms with Crippen LogP contribution in [0.3, 0.4) is 0 Å². The number of H-pyrrole nitrogens is 1. The molecule has 0 aliphatic heterocycles. The molecule has 0 aliphatic rings. The zero-order valence-electron chi connectivity index (χ0n) is 10.5. The zero-order valence-corrected chi connectivity index (χ0v) is 12.0. The average molecular weight is 303 g/mol. The molecule has 0 unspecified atom stereocenters. The summed E-state index contributed by atoms with van der Waals surface area (Å²) in [7, 11) is 2.10. The van der Waals surface area contributed by atoms with Gasteiger partial charge in [0, 0.05) is 12.6 Å². The van der Waals surface area contributed by atoms with E-state index in [2.05, 4.69) is 57.0 Å². The second-order valence-corrected chi connectivity index (χ2v) is 5.04. The molecule has 6 heteroatoms. The molecule has 1 rings (SSSR count). The van der Waals surface area contributed by atoms with Gasteiger partial charge in [0.15, 0.2) is 0 Å². The van der Waals surface area contributed by atoms with Gasteiger partial charge in [-0.25, -0.2) is 4.98 Å². The standard InChI is InChI=1S/C11H19BrN4O/c1-8(2)16(3)6-4-5-13-10-9(12)11(17)15-7-14-10/h7-8H,4-6H2,1-3H3,(H2,13,14,15,17). The molecular weight excluding hydrogens is 284 g/mol. The van der Waals surface area contributed by atoms with Crippen molar-refractivity contribution in [3.05, 3.63) is 21.2 Å². The highest BCUT2D eigenvalue weighted by Gasteiger charge is 2.05. The molecule has 1 aromatic rings. The molecule has 0 radical (unpaired) electrons. The Kier molecular flexibility index (Phi) is 5.64. The summed E-state index contributed by atoms with van der Waals surface area (Å²) in [5.41, 5.74) is -0.165. The molecule has 17 heavy (non-hydrogen) atoms. The van der Waals surface area contributed by atoms with Gasteiger partial charge in [0.25, 0.3) is 5.56 Å². The molecule has 0 saturated carbocycles. The summed E-state index contributed by atoms with van der Waals surface area (Å²) in [5, 5.41) is 3.14. The van der Waals surface area contributed by atoms with Crippen LogP contribution in [0.1, 0.15) is 20.3 Å². The Morgan fingerprint density at radius 2 is 2.29 bits per heavy atom. The number of hydrogen-bond acceptors (Lipinski definition) is 4. The monoisotopic (exact) mass is 302 g/mol. The van der Waals surface area contributed by atoms with E-state index in [-0.39, 0.29) is 5.56 Å². The summed E-state index contributed by atoms with van der Waals surface area (Å²) in [6.07, 6.45) is 2.41. The van der Waals surface area contributed by atoms with Crippen molar-refractivity contribution in [2.75, 3.05) is 25.5 Å². The van der Waals surface area contributed by atoms with E-state index in [0.29, 0.717) is 16.3 Å². The number of hydrogen-bond donors (Lipinski definition) is 2. The maximum absolute atomic E-state index is 11.3. The van der Waals surface area contributed by atoms with Crippen molar-refractivity contribution in [3.8, 4) is 0 Å². The van der Waals surface area contributed by atoms with Crippen molar-refractivity contribution in [2.45, 2.75) is 26.3 Å². The number of aromatic amines is 1. The van der Waals surface area contributed by atoms with Crippen LogP contribution in [0.25, 0.3) is 0 Å². The Hall–Kier alpha value is -0.880. The van der Waals surface area contributed by atoms with Crippen LogP contribution in [0.5, 0.6) is 0 Å². The summed E-state index contributed by atoms with van der Waals surface area (Å²) in [5.74, 6) is 0.598. The quantitative estimate of drug-likeness (QED) is 0.785. The van der Waals surface area contributed by atoms with E-state index in [0.717, 1.165) is 19.5 Å². The smallest absolute Gasteiger partial charge is 0.267 e. The van der Waals surface area contributed by atoms with Crippen LogP contribution in [0, 0.1) is 0 Å². The predicted octanol–water partition coefficient (Wildman–Crippen LogP) is 1.67. The van der Waals surface area contributed by atoms with E-state index in [1.807, 2.05) is 0 Å². The molecule has 0 atom stereocenters. The average Bonchev–Trinajstić information content (AvgIpc) is 2.29. The van der Waals surface area contributed by atoms with E-state index in [1.165, 1.54) is 6.33 Å². The van der Waals surface area contributed by atoms with Crippen LogP contribution >= 0.6 is 15.9 Å². The van der Waals surface area contributed by atoms with Crippen LogP contribution in [0.4, 0.5) is 5.82 Å². The van der Waals surface area contributed by atoms with E-state index in [9.17, 15) is 4.79 Å². The number of halogens is 1. The van der Waals surface area contributed by atoms with Crippen LogP contribution in [0.15, 0.2) is 15.6 Å². The fourth-order valence-electron chi connectivity index (χ4n) is 1.30. The van der Waals surface area contributed by atoms with Crippen molar-refractivity contribution in [1.82, 2.24) is 14.9 Å². The van der Waals surface area contributed by atoms with E-state index >= 15 is 0 Å². The van der Waals surface area contributed by atoms with Crippen molar-refractivity contribution < 1.29 is 0 Å². The molecular formula is C11H19BrN4O. The third-order valence-corrected chi connectivity index (χ3v) is 3.39. The largest absolute Gasteiger partial charge is 0.369 e. The second kappa shape index (κ2) is 6.76. The fraction of sp³-hybridized carbons (Fsp3) is 0.636. The van der Waals surface area contributed by atoms with Crippen molar-refractivity contribution in [1.29, 1.82) is 0 Å². The maximum Gasteiger partial charge on any atom is 0.267 e. The molecule has 0 amide bonds. The highest BCUT2D eigenvalue weighted by atomic mass is 79.9. The molecule has 2 N–H and O–H groups in total. The molecule has 0 fully saturated rings. The summed E-state index contributed by atoms with van der Waals surface area (Å²) < 4.78 is 0.456. The van der Waals surface area contributed by atoms with Crippen molar-refractivity contribution in [2.24, 2.45) is 0 Å². The second-order valence-electron chi connectivity index (χ2n) is 4.25. The maximum atomic E-state index is 11.3. The van der Waals surface area contributed by atoms with E-state index in [1.54, 1.807) is 0 Å². The summed E-state index contributed by atoms with van der Waals surface area (Å²) in [6, 6.07) is 0.555. The lowest BCUT2D eigenvalue weighted by molar-refractivity contribution is 0.273. The Labute approximate surface area is 110 Å². The van der Waals surface area contributed by atoms with Gasteiger partial charge in [-0.1, -0.05) is 0 Å². The number of rotatable bonds is 6. The van der Waals surface area contributed by atoms with E-state index < -0.39 is 0 Å². The Balaban J connectivity index is 2.37. The number of nitrogens with zero attached hydrogens (tertiary/aromatic N) is 2. The van der Waals surface area contributed by atoms with Crippen LogP contribution in [-0.4, -0.2) is 41.0 Å². The highest BCUT2D eigenvalue weighted by Crippen LogP contribution is 2.12. The molecule has 0 bridgehead atoms. The van der Waals surface area contributed by atoms with Gasteiger partial charge in [-0.3, -0.25) is 4.79 Å². The molecule has 0 aromatic carbocycles. The van der Waals surface area contributed by atoms with Crippen molar-refractivity contribution >= 4 is 21.7 Å². The SMILES string of the molecule is CC(C)N(C)CCCNc1nc[nH]c(=O)c1Br. The molecule has 1 aromatic heterocycles. The third kappa shape index (κ3) is 4.47. The first-order chi connectivity index (χ1) is 8.02. The van der Waals surface area contributed by atoms with Gasteiger partial charge in [0.2, 0.25) is 0 Å². The Bertz CT molecular complexity index is 405. The van der Waals surface area contributed by atoms with Gasteiger partial charge < -0.3 is 15.2 Å². The van der Waals surface area contributed by atoms with Gasteiger partial charge in [0.05, 0.1) is 6.33 Å². The molecule has 0 aliphatic carbocycles.